The van der Waals surface area contributed by atoms with Gasteiger partial charge in [-0.05, 0) is 18.6 Å². The molecule has 0 spiro atoms. The van der Waals surface area contributed by atoms with Crippen molar-refractivity contribution in [1.82, 2.24) is 10.2 Å². The van der Waals surface area contributed by atoms with Crippen molar-refractivity contribution >= 4 is 5.96 Å². The number of hydrogen-bond donors (Lipinski definition) is 1. The van der Waals surface area contributed by atoms with Crippen molar-refractivity contribution in [1.29, 1.82) is 0 Å². The lowest BCUT2D eigenvalue weighted by atomic mass is 10.1. The molecular formula is C18H29N3O4. The second kappa shape index (κ2) is 9.36. The lowest BCUT2D eigenvalue weighted by Gasteiger charge is -2.25. The van der Waals surface area contributed by atoms with Gasteiger partial charge in [0, 0.05) is 45.3 Å². The predicted molar refractivity (Wildman–Crippen MR) is 97.9 cm³/mol. The average molecular weight is 351 g/mol. The molecule has 2 rings (SSSR count). The van der Waals surface area contributed by atoms with Crippen LogP contribution in [0.25, 0.3) is 0 Å². The summed E-state index contributed by atoms with van der Waals surface area (Å²) in [5.74, 6) is 3.29. The first-order chi connectivity index (χ1) is 12.1. The van der Waals surface area contributed by atoms with E-state index < -0.39 is 0 Å². The molecule has 0 saturated carbocycles. The smallest absolute Gasteiger partial charge is 0.203 e. The molecule has 0 amide bonds. The minimum Gasteiger partial charge on any atom is -0.493 e. The fourth-order valence-corrected chi connectivity index (χ4v) is 3.06. The van der Waals surface area contributed by atoms with E-state index in [9.17, 15) is 0 Å². The predicted octanol–water partition coefficient (Wildman–Crippen LogP) is 1.76. The summed E-state index contributed by atoms with van der Waals surface area (Å²) in [6.45, 7) is 3.17. The maximum atomic E-state index is 5.53. The first kappa shape index (κ1) is 19.2. The van der Waals surface area contributed by atoms with Gasteiger partial charge in [-0.3, -0.25) is 4.99 Å². The Kier molecular flexibility index (Phi) is 7.18. The highest BCUT2D eigenvalue weighted by atomic mass is 16.5. The van der Waals surface area contributed by atoms with Gasteiger partial charge in [0.25, 0.3) is 0 Å². The summed E-state index contributed by atoms with van der Waals surface area (Å²) in [5.41, 5.74) is 0.971. The fourth-order valence-electron chi connectivity index (χ4n) is 3.06. The Hall–Kier alpha value is -2.15. The summed E-state index contributed by atoms with van der Waals surface area (Å²) < 4.78 is 21.7. The third-order valence-corrected chi connectivity index (χ3v) is 4.35. The van der Waals surface area contributed by atoms with Crippen LogP contribution in [0.1, 0.15) is 12.0 Å². The standard InChI is InChI=1S/C18H29N3O4/c1-19-18(21(2)11-13-8-9-25-12-13)20-10-14-6-7-15(22-3)17(24-5)16(14)23-4/h6-7,13H,8-12H2,1-5H3,(H,19,20). The van der Waals surface area contributed by atoms with Crippen LogP contribution in [0.5, 0.6) is 17.2 Å². The number of nitrogens with zero attached hydrogens (tertiary/aromatic N) is 2. The van der Waals surface area contributed by atoms with Gasteiger partial charge in [-0.25, -0.2) is 0 Å². The molecule has 1 unspecified atom stereocenters. The summed E-state index contributed by atoms with van der Waals surface area (Å²) in [4.78, 5) is 6.50. The Morgan fingerprint density at radius 3 is 2.56 bits per heavy atom. The molecule has 1 aromatic rings. The second-order valence-corrected chi connectivity index (χ2v) is 6.00. The SMILES string of the molecule is CN=C(NCc1ccc(OC)c(OC)c1OC)N(C)CC1CCOC1. The van der Waals surface area contributed by atoms with Gasteiger partial charge in [0.15, 0.2) is 17.5 Å². The minimum atomic E-state index is 0.555. The molecule has 0 radical (unpaired) electrons. The molecule has 1 aliphatic rings. The van der Waals surface area contributed by atoms with E-state index in [0.717, 1.165) is 37.7 Å². The average Bonchev–Trinajstić information content (AvgIpc) is 3.14. The Bertz CT molecular complexity index is 586. The van der Waals surface area contributed by atoms with Crippen LogP contribution in [-0.4, -0.2) is 66.0 Å². The quantitative estimate of drug-likeness (QED) is 0.596. The maximum Gasteiger partial charge on any atom is 0.203 e. The van der Waals surface area contributed by atoms with Crippen molar-refractivity contribution in [3.63, 3.8) is 0 Å². The summed E-state index contributed by atoms with van der Waals surface area (Å²) in [6, 6.07) is 3.84. The number of nitrogens with one attached hydrogen (secondary N) is 1. The molecule has 1 atom stereocenters. The summed E-state index contributed by atoms with van der Waals surface area (Å²) in [6.07, 6.45) is 1.10. The fraction of sp³-hybridized carbons (Fsp3) is 0.611. The van der Waals surface area contributed by atoms with Crippen LogP contribution in [0, 0.1) is 5.92 Å². The molecule has 25 heavy (non-hydrogen) atoms. The van der Waals surface area contributed by atoms with Crippen molar-refractivity contribution < 1.29 is 18.9 Å². The van der Waals surface area contributed by atoms with Crippen LogP contribution in [0.4, 0.5) is 0 Å². The Morgan fingerprint density at radius 1 is 1.24 bits per heavy atom. The van der Waals surface area contributed by atoms with E-state index in [1.54, 1.807) is 28.4 Å². The highest BCUT2D eigenvalue weighted by Gasteiger charge is 2.20. The number of hydrogen-bond acceptors (Lipinski definition) is 5. The molecule has 1 fully saturated rings. The Labute approximate surface area is 149 Å². The molecule has 1 heterocycles. The van der Waals surface area contributed by atoms with Gasteiger partial charge in [-0.15, -0.1) is 0 Å². The minimum absolute atomic E-state index is 0.555. The van der Waals surface area contributed by atoms with Gasteiger partial charge in [0.2, 0.25) is 5.75 Å². The van der Waals surface area contributed by atoms with Crippen molar-refractivity contribution in [3.8, 4) is 17.2 Å². The van der Waals surface area contributed by atoms with E-state index in [2.05, 4.69) is 15.2 Å². The summed E-state index contributed by atoms with van der Waals surface area (Å²) in [7, 11) is 8.67. The summed E-state index contributed by atoms with van der Waals surface area (Å²) >= 11 is 0. The van der Waals surface area contributed by atoms with Crippen LogP contribution in [0.3, 0.4) is 0 Å². The van der Waals surface area contributed by atoms with Gasteiger partial charge in [-0.2, -0.15) is 0 Å². The molecule has 0 aliphatic carbocycles. The topological polar surface area (TPSA) is 64.6 Å². The molecule has 1 N–H and O–H groups in total. The second-order valence-electron chi connectivity index (χ2n) is 6.00. The van der Waals surface area contributed by atoms with Crippen LogP contribution >= 0.6 is 0 Å². The highest BCUT2D eigenvalue weighted by Crippen LogP contribution is 2.39. The molecular weight excluding hydrogens is 322 g/mol. The molecule has 0 bridgehead atoms. The normalized spacial score (nSPS) is 17.3. The summed E-state index contributed by atoms with van der Waals surface area (Å²) in [5, 5.41) is 3.38. The molecule has 1 aliphatic heterocycles. The molecule has 1 saturated heterocycles. The number of rotatable bonds is 7. The molecule has 7 heteroatoms. The van der Waals surface area contributed by atoms with Gasteiger partial charge in [0.1, 0.15) is 0 Å². The van der Waals surface area contributed by atoms with Crippen molar-refractivity contribution in [2.45, 2.75) is 13.0 Å². The number of ether oxygens (including phenoxy) is 4. The number of aliphatic imine (C=N–C) groups is 1. The molecule has 7 nitrogen and oxygen atoms in total. The lowest BCUT2D eigenvalue weighted by Crippen LogP contribution is -2.41. The third kappa shape index (κ3) is 4.69. The molecule has 0 aromatic heterocycles. The first-order valence-corrected chi connectivity index (χ1v) is 8.41. The zero-order chi connectivity index (χ0) is 18.2. The Balaban J connectivity index is 2.05. The molecule has 140 valence electrons. The van der Waals surface area contributed by atoms with Crippen molar-refractivity contribution in [2.75, 3.05) is 55.2 Å². The van der Waals surface area contributed by atoms with E-state index in [0.29, 0.717) is 29.7 Å². The highest BCUT2D eigenvalue weighted by molar-refractivity contribution is 5.79. The zero-order valence-corrected chi connectivity index (χ0v) is 15.8. The number of methoxy groups -OCH3 is 3. The molecule has 1 aromatic carbocycles. The Morgan fingerprint density at radius 2 is 2.00 bits per heavy atom. The van der Waals surface area contributed by atoms with E-state index in [1.165, 1.54) is 0 Å². The lowest BCUT2D eigenvalue weighted by molar-refractivity contribution is 0.181. The first-order valence-electron chi connectivity index (χ1n) is 8.41. The maximum absolute atomic E-state index is 5.53. The van der Waals surface area contributed by atoms with Crippen molar-refractivity contribution in [2.24, 2.45) is 10.9 Å². The van der Waals surface area contributed by atoms with E-state index in [4.69, 9.17) is 18.9 Å². The van der Waals surface area contributed by atoms with Crippen molar-refractivity contribution in [3.05, 3.63) is 17.7 Å². The van der Waals surface area contributed by atoms with Gasteiger partial charge in [0.05, 0.1) is 27.9 Å². The van der Waals surface area contributed by atoms with Crippen LogP contribution in [0.2, 0.25) is 0 Å². The van der Waals surface area contributed by atoms with Crippen LogP contribution < -0.4 is 19.5 Å². The van der Waals surface area contributed by atoms with Gasteiger partial charge in [-0.1, -0.05) is 0 Å². The zero-order valence-electron chi connectivity index (χ0n) is 15.8. The van der Waals surface area contributed by atoms with Gasteiger partial charge < -0.3 is 29.2 Å². The van der Waals surface area contributed by atoms with Crippen LogP contribution in [0.15, 0.2) is 17.1 Å². The van der Waals surface area contributed by atoms with E-state index in [1.807, 2.05) is 19.2 Å². The number of benzene rings is 1. The largest absolute Gasteiger partial charge is 0.493 e. The van der Waals surface area contributed by atoms with Crippen LogP contribution in [-0.2, 0) is 11.3 Å². The number of guanidine groups is 1. The van der Waals surface area contributed by atoms with E-state index >= 15 is 0 Å². The van der Waals surface area contributed by atoms with Gasteiger partial charge >= 0.3 is 0 Å². The third-order valence-electron chi connectivity index (χ3n) is 4.35. The van der Waals surface area contributed by atoms with E-state index in [-0.39, 0.29) is 0 Å². The monoisotopic (exact) mass is 351 g/mol.